The Morgan fingerprint density at radius 1 is 0.157 bits per heavy atom. The third-order valence-corrected chi connectivity index (χ3v) is 31.9. The van der Waals surface area contributed by atoms with Crippen LogP contribution in [0.2, 0.25) is 0 Å². The molecule has 0 N–H and O–H groups in total. The molecule has 0 aliphatic heterocycles. The Morgan fingerprint density at radius 2 is 0.450 bits per heavy atom. The van der Waals surface area contributed by atoms with E-state index in [0.717, 1.165) is 200 Å². The van der Waals surface area contributed by atoms with E-state index in [0.29, 0.717) is 0 Å². The summed E-state index contributed by atoms with van der Waals surface area (Å²) in [5, 5.41) is 11.2. The molecule has 16 heterocycles. The maximum absolute atomic E-state index is 5.27. The van der Waals surface area contributed by atoms with Gasteiger partial charge < -0.3 is 0 Å². The van der Waals surface area contributed by atoms with Gasteiger partial charge in [-0.1, -0.05) is 152 Å². The van der Waals surface area contributed by atoms with Crippen molar-refractivity contribution < 1.29 is 0 Å². The van der Waals surface area contributed by atoms with Crippen LogP contribution in [0.3, 0.4) is 0 Å². The zero-order valence-electron chi connectivity index (χ0n) is 75.1. The van der Waals surface area contributed by atoms with Crippen molar-refractivity contribution in [2.45, 2.75) is 51.4 Å². The van der Waals surface area contributed by atoms with Gasteiger partial charge in [-0.2, -0.15) is 0 Å². The highest BCUT2D eigenvalue weighted by atomic mass is 15.1. The fourth-order valence-corrected chi connectivity index (χ4v) is 25.8. The van der Waals surface area contributed by atoms with Crippen LogP contribution < -0.4 is 0 Å². The monoisotopic (exact) mass is 1780 g/mol. The Labute approximate surface area is 796 Å². The topological polar surface area (TPSA) is 172 Å². The van der Waals surface area contributed by atoms with E-state index in [2.05, 4.69) is 290 Å². The van der Waals surface area contributed by atoms with Gasteiger partial charge in [0, 0.05) is 136 Å². The van der Waals surface area contributed by atoms with Gasteiger partial charge in [-0.05, 0) is 312 Å². The Balaban J connectivity index is 0.0000000829. The smallest absolute Gasteiger partial charge is 0.165 e. The van der Waals surface area contributed by atoms with Crippen LogP contribution in [-0.2, 0) is 51.4 Å². The highest BCUT2D eigenvalue weighted by molar-refractivity contribution is 6.18. The van der Waals surface area contributed by atoms with E-state index in [4.69, 9.17) is 29.9 Å². The van der Waals surface area contributed by atoms with E-state index < -0.39 is 0 Å². The zero-order valence-corrected chi connectivity index (χ0v) is 75.1. The number of aromatic nitrogens is 16. The number of benzene rings is 12. The summed E-state index contributed by atoms with van der Waals surface area (Å²) in [6.45, 7) is 0. The molecule has 0 unspecified atom stereocenters. The van der Waals surface area contributed by atoms with Crippen molar-refractivity contribution in [3.63, 3.8) is 0 Å². The quantitative estimate of drug-likeness (QED) is 0.132. The highest BCUT2D eigenvalue weighted by Gasteiger charge is 2.36. The Hall–Kier alpha value is -18.3. The summed E-state index contributed by atoms with van der Waals surface area (Å²) in [5.74, 6) is 0. The molecule has 0 fully saturated rings. The fourth-order valence-electron chi connectivity index (χ4n) is 25.8. The van der Waals surface area contributed by atoms with Crippen molar-refractivity contribution in [3.8, 4) is 89.0 Å². The number of fused-ring (bicyclic) bond motifs is 60. The normalized spacial score (nSPS) is 13.5. The molecule has 8 aliphatic carbocycles. The molecule has 0 atom stereocenters. The van der Waals surface area contributed by atoms with E-state index in [9.17, 15) is 0 Å². The fraction of sp³-hybridized carbons (Fsp3) is 0.0645. The maximum atomic E-state index is 5.27. The molecule has 36 rings (SSSR count). The molecule has 0 spiro atoms. The average molecular weight is 1790 g/mol. The first kappa shape index (κ1) is 75.1. The van der Waals surface area contributed by atoms with Crippen LogP contribution in [0, 0.1) is 0 Å². The van der Waals surface area contributed by atoms with Gasteiger partial charge in [0.1, 0.15) is 22.5 Å². The summed E-state index contributed by atoms with van der Waals surface area (Å²) in [7, 11) is 0. The second kappa shape index (κ2) is 27.7. The molecule has 0 saturated heterocycles. The van der Waals surface area contributed by atoms with Crippen LogP contribution in [-0.4, -0.2) is 77.4 Å². The molecular weight excluding hydrogens is 1710 g/mol. The third kappa shape index (κ3) is 10.3. The molecular formula is C124H72N16. The summed E-state index contributed by atoms with van der Waals surface area (Å²) < 4.78 is 9.05. The summed E-state index contributed by atoms with van der Waals surface area (Å²) in [6, 6.07) is 93.4. The summed E-state index contributed by atoms with van der Waals surface area (Å²) in [4.78, 5) is 57.1. The summed E-state index contributed by atoms with van der Waals surface area (Å²) >= 11 is 0. The second-order valence-corrected chi connectivity index (χ2v) is 38.8. The van der Waals surface area contributed by atoms with Gasteiger partial charge >= 0.3 is 0 Å². The molecule has 140 heavy (non-hydrogen) atoms. The minimum Gasteiger partial charge on any atom is -0.290 e. The number of imidazole rings is 4. The summed E-state index contributed by atoms with van der Waals surface area (Å²) in [6.07, 6.45) is 34.2. The van der Waals surface area contributed by atoms with Crippen LogP contribution in [0.25, 0.3) is 243 Å². The lowest BCUT2D eigenvalue weighted by Crippen LogP contribution is -1.93. The van der Waals surface area contributed by atoms with E-state index in [1.165, 1.54) is 183 Å². The van der Waals surface area contributed by atoms with E-state index in [1.807, 2.05) is 98.9 Å². The Bertz CT molecular complexity index is 9460. The Kier molecular flexibility index (Phi) is 14.9. The lowest BCUT2D eigenvalue weighted by molar-refractivity contribution is 1.22. The van der Waals surface area contributed by atoms with Gasteiger partial charge in [-0.3, -0.25) is 57.5 Å². The predicted octanol–water partition coefficient (Wildman–Crippen LogP) is 26.9. The molecule has 648 valence electrons. The van der Waals surface area contributed by atoms with Crippen molar-refractivity contribution in [3.05, 3.63) is 431 Å². The molecule has 0 saturated carbocycles. The standard InChI is InChI=1S/4C31H18N4/c1-2-5-20-17(4-1)12-18-13-19-14-26-21(25(19)15-24(18)20)7-8-27-30(26)34-31-23-6-3-10-33-29(23)22-9-11-32-16-28(22)35(27)31;1-2-5-20-17(4-1)12-18-13-19-14-26-21(25(19)15-24(18)20)7-8-27-29(26)34-31-30-23(6-3-10-33-30)22-9-11-32-16-28(22)35(27)31;1-2-4-20-17(3-1)11-18-12-19-13-26-21(25(19)14-24(18)20)5-6-28-30(26)34-31-23-8-10-32-15-27(23)22-7-9-33-16-29(22)35(28)31;1-2-4-20-17(3-1)11-18-12-19-13-26-21(25(19)14-24(18)20)5-6-28-30(26)34-31-27-15-32-9-7-22(27)23-8-10-33-16-29(23)35(28)31/h2*1-11,13,15-16H,12,14H2;2*1-10,12,14-16H,11,13H2. The van der Waals surface area contributed by atoms with Crippen molar-refractivity contribution in [2.75, 3.05) is 0 Å². The molecule has 16 nitrogen and oxygen atoms in total. The number of hydrogen-bond acceptors (Lipinski definition) is 12. The maximum Gasteiger partial charge on any atom is 0.165 e. The van der Waals surface area contributed by atoms with Gasteiger partial charge in [-0.25, -0.2) is 19.9 Å². The van der Waals surface area contributed by atoms with Gasteiger partial charge in [0.2, 0.25) is 0 Å². The van der Waals surface area contributed by atoms with E-state index in [1.54, 1.807) is 0 Å². The number of pyridine rings is 12. The number of rotatable bonds is 0. The van der Waals surface area contributed by atoms with Crippen molar-refractivity contribution in [2.24, 2.45) is 0 Å². The van der Waals surface area contributed by atoms with Crippen molar-refractivity contribution >= 4 is 154 Å². The van der Waals surface area contributed by atoms with Crippen LogP contribution in [0.15, 0.2) is 342 Å². The van der Waals surface area contributed by atoms with Gasteiger partial charge in [-0.15, -0.1) is 0 Å². The van der Waals surface area contributed by atoms with Crippen molar-refractivity contribution in [1.29, 1.82) is 0 Å². The first-order valence-electron chi connectivity index (χ1n) is 48.1. The molecule has 0 amide bonds. The summed E-state index contributed by atoms with van der Waals surface area (Å²) in [5.41, 5.74) is 63.0. The Morgan fingerprint density at radius 3 is 0.864 bits per heavy atom. The first-order chi connectivity index (χ1) is 69.4. The van der Waals surface area contributed by atoms with Crippen LogP contribution >= 0.6 is 0 Å². The van der Waals surface area contributed by atoms with Gasteiger partial charge in [0.15, 0.2) is 5.65 Å². The molecule has 16 aromatic heterocycles. The number of hydrogen-bond donors (Lipinski definition) is 0. The zero-order chi connectivity index (χ0) is 90.7. The average Bonchev–Trinajstić information content (AvgIpc) is 1.55. The van der Waals surface area contributed by atoms with E-state index >= 15 is 0 Å². The first-order valence-corrected chi connectivity index (χ1v) is 48.1. The molecule has 12 aromatic carbocycles. The van der Waals surface area contributed by atoms with Crippen molar-refractivity contribution in [1.82, 2.24) is 77.4 Å². The SMILES string of the molecule is c1ccc2c(c1)Cc1cc3c(cc1-2)-c1ccc2c(nc4c5cccnc5c5ccncc5n24)c1C3.c1ccc2c(c1)Cc1cc3c(cc1-2)-c1ccc2c(nc4c5ccncc5c5ccncc5n24)c1C3.c1ccc2c(c1)Cc1cc3c(cc1-2)-c1ccc2c(nc4c5cnccc5c5ccncc5n24)c1C3.c1ccc2c(c1)Cc1cc3c(cc1-2)-c1ccc2c(nc4c5ncccc5c5ccncc5n24)c1C3. The predicted molar refractivity (Wildman–Crippen MR) is 559 cm³/mol. The molecule has 28 aromatic rings. The van der Waals surface area contributed by atoms with Gasteiger partial charge in [0.05, 0.1) is 96.5 Å². The lowest BCUT2D eigenvalue weighted by Gasteiger charge is -2.08. The van der Waals surface area contributed by atoms with Crippen LogP contribution in [0.5, 0.6) is 0 Å². The molecule has 16 heteroatoms. The largest absolute Gasteiger partial charge is 0.290 e. The highest BCUT2D eigenvalue weighted by Crippen LogP contribution is 2.54. The van der Waals surface area contributed by atoms with Gasteiger partial charge in [0.25, 0.3) is 0 Å². The third-order valence-electron chi connectivity index (χ3n) is 31.9. The van der Waals surface area contributed by atoms with E-state index in [-0.39, 0.29) is 0 Å². The molecule has 0 bridgehead atoms. The minimum atomic E-state index is 0.900. The lowest BCUT2D eigenvalue weighted by atomic mass is 9.98. The second-order valence-electron chi connectivity index (χ2n) is 38.8. The van der Waals surface area contributed by atoms with Crippen LogP contribution in [0.4, 0.5) is 0 Å². The molecule has 0 radical (unpaired) electrons. The van der Waals surface area contributed by atoms with Crippen LogP contribution in [0.1, 0.15) is 89.0 Å². The molecule has 8 aliphatic rings. The number of nitrogens with zero attached hydrogens (tertiary/aromatic N) is 16. The minimum absolute atomic E-state index is 0.900.